The van der Waals surface area contributed by atoms with Gasteiger partial charge in [-0.3, -0.25) is 4.79 Å². The molecule has 0 atom stereocenters. The largest absolute Gasteiger partial charge is 0.344 e. The van der Waals surface area contributed by atoms with Crippen LogP contribution in [0.5, 0.6) is 0 Å². The van der Waals surface area contributed by atoms with Crippen LogP contribution in [-0.4, -0.2) is 49.9 Å². The molecule has 1 aromatic carbocycles. The Morgan fingerprint density at radius 1 is 1.11 bits per heavy atom. The second-order valence-corrected chi connectivity index (χ2v) is 5.54. The second kappa shape index (κ2) is 8.18. The van der Waals surface area contributed by atoms with Crippen LogP contribution in [0.25, 0.3) is 0 Å². The number of likely N-dealkylation sites (N-methyl/N-ethyl adjacent to an activating group) is 2. The summed E-state index contributed by atoms with van der Waals surface area (Å²) in [5.41, 5.74) is 1.23. The molecule has 0 aromatic heterocycles. The summed E-state index contributed by atoms with van der Waals surface area (Å²) in [7, 11) is 5.89. The molecule has 106 valence electrons. The van der Waals surface area contributed by atoms with Crippen molar-refractivity contribution in [3.05, 3.63) is 34.9 Å². The lowest BCUT2D eigenvalue weighted by atomic mass is 10.1. The van der Waals surface area contributed by atoms with E-state index >= 15 is 0 Å². The van der Waals surface area contributed by atoms with Gasteiger partial charge in [0.1, 0.15) is 0 Å². The highest BCUT2D eigenvalue weighted by atomic mass is 35.5. The zero-order valence-electron chi connectivity index (χ0n) is 12.0. The van der Waals surface area contributed by atoms with Gasteiger partial charge in [-0.15, -0.1) is 0 Å². The number of halogens is 1. The van der Waals surface area contributed by atoms with Gasteiger partial charge in [0.2, 0.25) is 5.91 Å². The molecule has 1 aromatic rings. The van der Waals surface area contributed by atoms with Crippen molar-refractivity contribution in [3.63, 3.8) is 0 Å². The minimum absolute atomic E-state index is 0.218. The van der Waals surface area contributed by atoms with Crippen molar-refractivity contribution in [3.8, 4) is 0 Å². The minimum atomic E-state index is 0.218. The van der Waals surface area contributed by atoms with Crippen LogP contribution in [0, 0.1) is 0 Å². The lowest BCUT2D eigenvalue weighted by molar-refractivity contribution is -0.130. The van der Waals surface area contributed by atoms with Crippen LogP contribution in [0.15, 0.2) is 24.3 Å². The van der Waals surface area contributed by atoms with E-state index in [0.29, 0.717) is 6.42 Å². The molecule has 19 heavy (non-hydrogen) atoms. The number of carbonyl (C=O) groups excluding carboxylic acids is 1. The fourth-order valence-corrected chi connectivity index (χ4v) is 1.89. The van der Waals surface area contributed by atoms with E-state index < -0.39 is 0 Å². The van der Waals surface area contributed by atoms with Gasteiger partial charge in [0.15, 0.2) is 0 Å². The maximum Gasteiger partial charge on any atom is 0.222 e. The molecule has 0 saturated heterocycles. The lowest BCUT2D eigenvalue weighted by Crippen LogP contribution is -2.33. The Balaban J connectivity index is 2.24. The van der Waals surface area contributed by atoms with E-state index in [0.717, 1.165) is 31.0 Å². The molecule has 0 unspecified atom stereocenters. The van der Waals surface area contributed by atoms with Gasteiger partial charge in [0, 0.05) is 31.6 Å². The van der Waals surface area contributed by atoms with Crippen LogP contribution in [0.3, 0.4) is 0 Å². The summed E-state index contributed by atoms with van der Waals surface area (Å²) in [6.07, 6.45) is 2.41. The van der Waals surface area contributed by atoms with Gasteiger partial charge in [0.05, 0.1) is 0 Å². The van der Waals surface area contributed by atoms with E-state index in [9.17, 15) is 4.79 Å². The number of amides is 1. The molecule has 1 rings (SSSR count). The SMILES string of the molecule is CN(C)CCN(C)C(=O)CCCc1ccc(Cl)cc1. The zero-order valence-corrected chi connectivity index (χ0v) is 12.8. The van der Waals surface area contributed by atoms with Gasteiger partial charge in [0.25, 0.3) is 0 Å². The van der Waals surface area contributed by atoms with Crippen molar-refractivity contribution >= 4 is 17.5 Å². The van der Waals surface area contributed by atoms with Crippen LogP contribution in [0.1, 0.15) is 18.4 Å². The number of aryl methyl sites for hydroxylation is 1. The summed E-state index contributed by atoms with van der Waals surface area (Å²) in [6, 6.07) is 7.81. The predicted molar refractivity (Wildman–Crippen MR) is 80.6 cm³/mol. The Labute approximate surface area is 121 Å². The summed E-state index contributed by atoms with van der Waals surface area (Å²) >= 11 is 5.83. The van der Waals surface area contributed by atoms with Gasteiger partial charge in [-0.05, 0) is 44.6 Å². The van der Waals surface area contributed by atoms with Crippen LogP contribution in [0.4, 0.5) is 0 Å². The van der Waals surface area contributed by atoms with Gasteiger partial charge >= 0.3 is 0 Å². The third kappa shape index (κ3) is 6.60. The molecule has 0 N–H and O–H groups in total. The fraction of sp³-hybridized carbons (Fsp3) is 0.533. The highest BCUT2D eigenvalue weighted by Gasteiger charge is 2.08. The molecular formula is C15H23ClN2O. The summed E-state index contributed by atoms with van der Waals surface area (Å²) < 4.78 is 0. The summed E-state index contributed by atoms with van der Waals surface area (Å²) in [5, 5.41) is 0.753. The number of carbonyl (C=O) groups is 1. The summed E-state index contributed by atoms with van der Waals surface area (Å²) in [5.74, 6) is 0.218. The van der Waals surface area contributed by atoms with E-state index in [1.165, 1.54) is 5.56 Å². The minimum Gasteiger partial charge on any atom is -0.344 e. The lowest BCUT2D eigenvalue weighted by Gasteiger charge is -2.19. The Bertz CT molecular complexity index is 390. The first-order chi connectivity index (χ1) is 8.99. The topological polar surface area (TPSA) is 23.6 Å². The molecule has 3 nitrogen and oxygen atoms in total. The first-order valence-electron chi connectivity index (χ1n) is 6.62. The Hall–Kier alpha value is -1.06. The maximum absolute atomic E-state index is 11.9. The summed E-state index contributed by atoms with van der Waals surface area (Å²) in [4.78, 5) is 15.8. The summed E-state index contributed by atoms with van der Waals surface area (Å²) in [6.45, 7) is 1.69. The van der Waals surface area contributed by atoms with Gasteiger partial charge in [-0.1, -0.05) is 23.7 Å². The molecule has 0 aliphatic rings. The predicted octanol–water partition coefficient (Wildman–Crippen LogP) is 2.68. The van der Waals surface area contributed by atoms with Crippen LogP contribution in [0.2, 0.25) is 5.02 Å². The number of hydrogen-bond acceptors (Lipinski definition) is 2. The Kier molecular flexibility index (Phi) is 6.89. The van der Waals surface area contributed by atoms with Crippen molar-refractivity contribution in [2.24, 2.45) is 0 Å². The van der Waals surface area contributed by atoms with Gasteiger partial charge in [-0.2, -0.15) is 0 Å². The van der Waals surface area contributed by atoms with Crippen molar-refractivity contribution in [2.45, 2.75) is 19.3 Å². The van der Waals surface area contributed by atoms with Crippen LogP contribution >= 0.6 is 11.6 Å². The van der Waals surface area contributed by atoms with Crippen LogP contribution in [-0.2, 0) is 11.2 Å². The standard InChI is InChI=1S/C15H23ClN2O/c1-17(2)11-12-18(3)15(19)6-4-5-13-7-9-14(16)10-8-13/h7-10H,4-6,11-12H2,1-3H3. The first-order valence-corrected chi connectivity index (χ1v) is 7.00. The van der Waals surface area contributed by atoms with E-state index in [1.807, 2.05) is 50.3 Å². The van der Waals surface area contributed by atoms with Crippen molar-refractivity contribution in [1.29, 1.82) is 0 Å². The first kappa shape index (κ1) is 16.0. The van der Waals surface area contributed by atoms with Gasteiger partial charge < -0.3 is 9.80 Å². The number of hydrogen-bond donors (Lipinski definition) is 0. The average molecular weight is 283 g/mol. The second-order valence-electron chi connectivity index (χ2n) is 5.10. The van der Waals surface area contributed by atoms with E-state index in [2.05, 4.69) is 4.90 Å². The van der Waals surface area contributed by atoms with Gasteiger partial charge in [-0.25, -0.2) is 0 Å². The molecule has 0 radical (unpaired) electrons. The number of benzene rings is 1. The highest BCUT2D eigenvalue weighted by molar-refractivity contribution is 6.30. The molecule has 0 heterocycles. The van der Waals surface area contributed by atoms with E-state index in [-0.39, 0.29) is 5.91 Å². The van der Waals surface area contributed by atoms with Crippen LogP contribution < -0.4 is 0 Å². The molecule has 0 saturated carbocycles. The Morgan fingerprint density at radius 3 is 2.32 bits per heavy atom. The molecular weight excluding hydrogens is 260 g/mol. The van der Waals surface area contributed by atoms with Crippen molar-refractivity contribution in [1.82, 2.24) is 9.80 Å². The average Bonchev–Trinajstić information content (AvgIpc) is 2.38. The smallest absolute Gasteiger partial charge is 0.222 e. The molecule has 0 fully saturated rings. The number of rotatable bonds is 7. The van der Waals surface area contributed by atoms with Crippen molar-refractivity contribution in [2.75, 3.05) is 34.2 Å². The monoisotopic (exact) mass is 282 g/mol. The Morgan fingerprint density at radius 2 is 1.74 bits per heavy atom. The molecule has 0 bridgehead atoms. The quantitative estimate of drug-likeness (QED) is 0.768. The third-order valence-corrected chi connectivity index (χ3v) is 3.33. The molecule has 0 spiro atoms. The number of nitrogens with zero attached hydrogens (tertiary/aromatic N) is 2. The highest BCUT2D eigenvalue weighted by Crippen LogP contribution is 2.12. The zero-order chi connectivity index (χ0) is 14.3. The molecule has 1 amide bonds. The molecule has 4 heteroatoms. The fourth-order valence-electron chi connectivity index (χ4n) is 1.76. The van der Waals surface area contributed by atoms with E-state index in [4.69, 9.17) is 11.6 Å². The van der Waals surface area contributed by atoms with Crippen molar-refractivity contribution < 1.29 is 4.79 Å². The normalized spacial score (nSPS) is 10.8. The molecule has 0 aliphatic carbocycles. The maximum atomic E-state index is 11.9. The molecule has 0 aliphatic heterocycles. The van der Waals surface area contributed by atoms with E-state index in [1.54, 1.807) is 0 Å². The third-order valence-electron chi connectivity index (χ3n) is 3.08.